The number of carbonyl (C=O) groups excluding carboxylic acids is 1. The van der Waals surface area contributed by atoms with E-state index in [4.69, 9.17) is 9.47 Å². The Balaban J connectivity index is 1.56. The van der Waals surface area contributed by atoms with E-state index in [1.54, 1.807) is 26.4 Å². The van der Waals surface area contributed by atoms with Gasteiger partial charge in [-0.3, -0.25) is 4.79 Å². The lowest BCUT2D eigenvalue weighted by molar-refractivity contribution is 0.0932. The van der Waals surface area contributed by atoms with Crippen molar-refractivity contribution in [2.75, 3.05) is 19.5 Å². The number of nitrogens with one attached hydrogen (secondary N) is 2. The highest BCUT2D eigenvalue weighted by molar-refractivity contribution is 5.92. The molecule has 0 radical (unpaired) electrons. The van der Waals surface area contributed by atoms with Crippen molar-refractivity contribution in [3.8, 4) is 11.5 Å². The first-order valence-electron chi connectivity index (χ1n) is 8.79. The number of rotatable bonds is 7. The molecule has 1 aromatic heterocycles. The summed E-state index contributed by atoms with van der Waals surface area (Å²) in [5.41, 5.74) is 1.36. The molecule has 1 aliphatic carbocycles. The van der Waals surface area contributed by atoms with E-state index >= 15 is 0 Å². The number of methoxy groups -OCH3 is 2. The first-order valence-corrected chi connectivity index (χ1v) is 8.79. The van der Waals surface area contributed by atoms with Gasteiger partial charge in [-0.25, -0.2) is 0 Å². The van der Waals surface area contributed by atoms with E-state index in [1.165, 1.54) is 12.8 Å². The predicted molar refractivity (Wildman–Crippen MR) is 98.6 cm³/mol. The summed E-state index contributed by atoms with van der Waals surface area (Å²) in [6, 6.07) is 9.43. The molecule has 1 fully saturated rings. The molecular formula is C19H24N4O3. The minimum atomic E-state index is -0.157. The maximum absolute atomic E-state index is 12.2. The molecule has 2 aromatic rings. The Morgan fingerprint density at radius 3 is 2.50 bits per heavy atom. The first-order chi connectivity index (χ1) is 12.7. The minimum Gasteiger partial charge on any atom is -0.493 e. The van der Waals surface area contributed by atoms with Crippen molar-refractivity contribution < 1.29 is 14.3 Å². The third-order valence-electron chi connectivity index (χ3n) is 4.51. The Morgan fingerprint density at radius 1 is 1.08 bits per heavy atom. The Labute approximate surface area is 153 Å². The number of amides is 1. The van der Waals surface area contributed by atoms with Crippen molar-refractivity contribution in [2.45, 2.75) is 38.3 Å². The van der Waals surface area contributed by atoms with Gasteiger partial charge in [-0.1, -0.05) is 18.9 Å². The Morgan fingerprint density at radius 2 is 1.85 bits per heavy atom. The van der Waals surface area contributed by atoms with Crippen LogP contribution in [0.3, 0.4) is 0 Å². The second-order valence-electron chi connectivity index (χ2n) is 6.30. The van der Waals surface area contributed by atoms with E-state index in [0.717, 1.165) is 18.4 Å². The van der Waals surface area contributed by atoms with E-state index in [-0.39, 0.29) is 11.9 Å². The summed E-state index contributed by atoms with van der Waals surface area (Å²) >= 11 is 0. The number of ether oxygens (including phenoxy) is 2. The molecule has 0 saturated heterocycles. The zero-order chi connectivity index (χ0) is 18.4. The number of anilines is 1. The zero-order valence-corrected chi connectivity index (χ0v) is 15.1. The number of benzene rings is 1. The molecule has 0 unspecified atom stereocenters. The standard InChI is InChI=1S/C19H24N4O3/c1-25-16-9-7-13(11-17(16)26-2)12-20-18-10-8-15(22-23-18)19(24)21-14-5-3-4-6-14/h7-11,14H,3-6,12H2,1-2H3,(H,20,23)(H,21,24). The fourth-order valence-corrected chi connectivity index (χ4v) is 3.06. The summed E-state index contributed by atoms with van der Waals surface area (Å²) < 4.78 is 10.5. The van der Waals surface area contributed by atoms with Crippen LogP contribution in [0.4, 0.5) is 5.82 Å². The average Bonchev–Trinajstić information content (AvgIpc) is 3.19. The maximum atomic E-state index is 12.2. The van der Waals surface area contributed by atoms with Gasteiger partial charge in [0.15, 0.2) is 17.2 Å². The van der Waals surface area contributed by atoms with Crippen molar-refractivity contribution >= 4 is 11.7 Å². The van der Waals surface area contributed by atoms with Gasteiger partial charge in [0, 0.05) is 12.6 Å². The van der Waals surface area contributed by atoms with Crippen LogP contribution >= 0.6 is 0 Å². The highest BCUT2D eigenvalue weighted by Gasteiger charge is 2.18. The smallest absolute Gasteiger partial charge is 0.272 e. The van der Waals surface area contributed by atoms with Crippen LogP contribution in [0.1, 0.15) is 41.7 Å². The number of nitrogens with zero attached hydrogens (tertiary/aromatic N) is 2. The van der Waals surface area contributed by atoms with Gasteiger partial charge in [-0.05, 0) is 42.7 Å². The van der Waals surface area contributed by atoms with Crippen LogP contribution in [0.2, 0.25) is 0 Å². The summed E-state index contributed by atoms with van der Waals surface area (Å²) in [4.78, 5) is 12.2. The van der Waals surface area contributed by atoms with Crippen LogP contribution in [0.25, 0.3) is 0 Å². The van der Waals surface area contributed by atoms with Crippen LogP contribution in [0.5, 0.6) is 11.5 Å². The summed E-state index contributed by atoms with van der Waals surface area (Å²) in [7, 11) is 3.21. The summed E-state index contributed by atoms with van der Waals surface area (Å²) in [5.74, 6) is 1.82. The predicted octanol–water partition coefficient (Wildman–Crippen LogP) is 2.78. The molecule has 3 rings (SSSR count). The van der Waals surface area contributed by atoms with Crippen molar-refractivity contribution in [1.29, 1.82) is 0 Å². The van der Waals surface area contributed by atoms with Crippen LogP contribution in [0, 0.1) is 0 Å². The second-order valence-corrected chi connectivity index (χ2v) is 6.30. The highest BCUT2D eigenvalue weighted by Crippen LogP contribution is 2.27. The van der Waals surface area contributed by atoms with Gasteiger partial charge in [0.1, 0.15) is 5.82 Å². The number of hydrogen-bond acceptors (Lipinski definition) is 6. The van der Waals surface area contributed by atoms with Gasteiger partial charge in [-0.15, -0.1) is 10.2 Å². The van der Waals surface area contributed by atoms with Crippen molar-refractivity contribution in [3.63, 3.8) is 0 Å². The van der Waals surface area contributed by atoms with Gasteiger partial charge in [-0.2, -0.15) is 0 Å². The molecule has 26 heavy (non-hydrogen) atoms. The molecule has 2 N–H and O–H groups in total. The van der Waals surface area contributed by atoms with Gasteiger partial charge in [0.05, 0.1) is 14.2 Å². The Kier molecular flexibility index (Phi) is 5.88. The lowest BCUT2D eigenvalue weighted by atomic mass is 10.2. The number of aromatic nitrogens is 2. The zero-order valence-electron chi connectivity index (χ0n) is 15.1. The van der Waals surface area contributed by atoms with E-state index in [2.05, 4.69) is 20.8 Å². The normalized spacial score (nSPS) is 14.1. The van der Waals surface area contributed by atoms with Gasteiger partial charge in [0.2, 0.25) is 0 Å². The molecule has 0 aliphatic heterocycles. The molecular weight excluding hydrogens is 332 g/mol. The van der Waals surface area contributed by atoms with E-state index < -0.39 is 0 Å². The maximum Gasteiger partial charge on any atom is 0.272 e. The summed E-state index contributed by atoms with van der Waals surface area (Å²) in [6.45, 7) is 0.558. The molecule has 1 amide bonds. The Bertz CT molecular complexity index is 743. The fourth-order valence-electron chi connectivity index (χ4n) is 3.06. The third kappa shape index (κ3) is 4.41. The van der Waals surface area contributed by atoms with Gasteiger partial charge < -0.3 is 20.1 Å². The second kappa shape index (κ2) is 8.51. The van der Waals surface area contributed by atoms with Crippen LogP contribution in [-0.2, 0) is 6.54 Å². The molecule has 7 nitrogen and oxygen atoms in total. The minimum absolute atomic E-state index is 0.157. The molecule has 1 saturated carbocycles. The van der Waals surface area contributed by atoms with Crippen molar-refractivity contribution in [2.24, 2.45) is 0 Å². The lowest BCUT2D eigenvalue weighted by Crippen LogP contribution is -2.33. The largest absolute Gasteiger partial charge is 0.493 e. The van der Waals surface area contributed by atoms with Crippen LogP contribution < -0.4 is 20.1 Å². The highest BCUT2D eigenvalue weighted by atomic mass is 16.5. The molecule has 1 heterocycles. The molecule has 0 atom stereocenters. The SMILES string of the molecule is COc1ccc(CNc2ccc(C(=O)NC3CCCC3)nn2)cc1OC. The monoisotopic (exact) mass is 356 g/mol. The molecule has 1 aromatic carbocycles. The lowest BCUT2D eigenvalue weighted by Gasteiger charge is -2.12. The van der Waals surface area contributed by atoms with Gasteiger partial charge >= 0.3 is 0 Å². The van der Waals surface area contributed by atoms with Crippen molar-refractivity contribution in [1.82, 2.24) is 15.5 Å². The summed E-state index contributed by atoms with van der Waals surface area (Å²) in [6.07, 6.45) is 4.44. The molecule has 0 bridgehead atoms. The quantitative estimate of drug-likeness (QED) is 0.793. The van der Waals surface area contributed by atoms with E-state index in [9.17, 15) is 4.79 Å². The number of hydrogen-bond donors (Lipinski definition) is 2. The van der Waals surface area contributed by atoms with Crippen molar-refractivity contribution in [3.05, 3.63) is 41.6 Å². The van der Waals surface area contributed by atoms with E-state index in [1.807, 2.05) is 18.2 Å². The fraction of sp³-hybridized carbons (Fsp3) is 0.421. The van der Waals surface area contributed by atoms with Crippen LogP contribution in [0.15, 0.2) is 30.3 Å². The average molecular weight is 356 g/mol. The molecule has 7 heteroatoms. The van der Waals surface area contributed by atoms with E-state index in [0.29, 0.717) is 29.6 Å². The molecule has 1 aliphatic rings. The first kappa shape index (κ1) is 18.0. The number of carbonyl (C=O) groups is 1. The Hall–Kier alpha value is -2.83. The molecule has 138 valence electrons. The van der Waals surface area contributed by atoms with Gasteiger partial charge in [0.25, 0.3) is 5.91 Å². The van der Waals surface area contributed by atoms with Crippen LogP contribution in [-0.4, -0.2) is 36.4 Å². The third-order valence-corrected chi connectivity index (χ3v) is 4.51. The summed E-state index contributed by atoms with van der Waals surface area (Å²) in [5, 5.41) is 14.3. The molecule has 0 spiro atoms. The topological polar surface area (TPSA) is 85.4 Å².